The fourth-order valence-electron chi connectivity index (χ4n) is 1.59. The number of rotatable bonds is 1. The molecule has 0 aromatic carbocycles. The zero-order valence-electron chi connectivity index (χ0n) is 8.20. The summed E-state index contributed by atoms with van der Waals surface area (Å²) < 4.78 is 10.8. The molecule has 0 radical (unpaired) electrons. The van der Waals surface area contributed by atoms with Crippen molar-refractivity contribution in [2.75, 3.05) is 14.2 Å². The summed E-state index contributed by atoms with van der Waals surface area (Å²) in [6.45, 7) is 4.13. The van der Waals surface area contributed by atoms with E-state index in [4.69, 9.17) is 9.47 Å². The molecule has 0 aliphatic carbocycles. The maximum atomic E-state index is 5.58. The number of methoxy groups -OCH3 is 1. The van der Waals surface area contributed by atoms with E-state index in [0.717, 1.165) is 6.42 Å². The minimum Gasteiger partial charge on any atom is -0.355 e. The van der Waals surface area contributed by atoms with Gasteiger partial charge in [-0.2, -0.15) is 0 Å². The van der Waals surface area contributed by atoms with Crippen molar-refractivity contribution < 1.29 is 9.47 Å². The lowest BCUT2D eigenvalue weighted by Gasteiger charge is -2.33. The third kappa shape index (κ3) is 1.84. The summed E-state index contributed by atoms with van der Waals surface area (Å²) in [5.74, 6) is 0.288. The smallest absolute Gasteiger partial charge is 0.165 e. The molecule has 3 nitrogen and oxygen atoms in total. The lowest BCUT2D eigenvalue weighted by atomic mass is 9.96. The van der Waals surface area contributed by atoms with Crippen molar-refractivity contribution in [3.8, 4) is 0 Å². The number of nitrogens with zero attached hydrogens (tertiary/aromatic N) is 1. The molecule has 0 bridgehead atoms. The van der Waals surface area contributed by atoms with Gasteiger partial charge in [0.05, 0.1) is 6.10 Å². The fraction of sp³-hybridized carbons (Fsp3) is 0.889. The van der Waals surface area contributed by atoms with Gasteiger partial charge in [0.2, 0.25) is 0 Å². The Kier molecular flexibility index (Phi) is 3.23. The monoisotopic (exact) mass is 171 g/mol. The van der Waals surface area contributed by atoms with Crippen LogP contribution in [0.1, 0.15) is 20.3 Å². The first kappa shape index (κ1) is 9.68. The first-order chi connectivity index (χ1) is 5.69. The third-order valence-corrected chi connectivity index (χ3v) is 2.32. The Bertz CT molecular complexity index is 179. The van der Waals surface area contributed by atoms with Crippen LogP contribution in [-0.2, 0) is 9.47 Å². The van der Waals surface area contributed by atoms with E-state index in [-0.39, 0.29) is 18.3 Å². The van der Waals surface area contributed by atoms with Crippen LogP contribution in [0.15, 0.2) is 4.99 Å². The first-order valence-electron chi connectivity index (χ1n) is 4.32. The second kappa shape index (κ2) is 4.01. The molecule has 70 valence electrons. The average molecular weight is 171 g/mol. The van der Waals surface area contributed by atoms with Gasteiger partial charge in [0, 0.05) is 32.2 Å². The highest BCUT2D eigenvalue weighted by atomic mass is 16.7. The molecule has 3 atom stereocenters. The molecular weight excluding hydrogens is 154 g/mol. The largest absolute Gasteiger partial charge is 0.355 e. The van der Waals surface area contributed by atoms with Gasteiger partial charge in [-0.15, -0.1) is 0 Å². The standard InChI is InChI=1S/C9H17NO2/c1-6-5-8(10-3)7(2)9(11-4)12-6/h6-7,9H,5H2,1-4H3. The molecule has 1 aliphatic rings. The topological polar surface area (TPSA) is 30.8 Å². The molecule has 0 spiro atoms. The molecule has 0 N–H and O–H groups in total. The predicted octanol–water partition coefficient (Wildman–Crippen LogP) is 1.47. The van der Waals surface area contributed by atoms with Crippen LogP contribution in [0, 0.1) is 5.92 Å². The van der Waals surface area contributed by atoms with Gasteiger partial charge in [0.25, 0.3) is 0 Å². The molecule has 1 aliphatic heterocycles. The lowest BCUT2D eigenvalue weighted by Crippen LogP contribution is -2.40. The van der Waals surface area contributed by atoms with Gasteiger partial charge in [-0.1, -0.05) is 6.92 Å². The number of hydrogen-bond donors (Lipinski definition) is 0. The van der Waals surface area contributed by atoms with Crippen molar-refractivity contribution in [2.45, 2.75) is 32.7 Å². The second-order valence-electron chi connectivity index (χ2n) is 3.26. The van der Waals surface area contributed by atoms with Crippen molar-refractivity contribution >= 4 is 5.71 Å². The van der Waals surface area contributed by atoms with Gasteiger partial charge >= 0.3 is 0 Å². The van der Waals surface area contributed by atoms with Gasteiger partial charge in [0.15, 0.2) is 6.29 Å². The van der Waals surface area contributed by atoms with E-state index in [1.807, 2.05) is 14.0 Å². The van der Waals surface area contributed by atoms with Crippen LogP contribution < -0.4 is 0 Å². The minimum atomic E-state index is -0.118. The van der Waals surface area contributed by atoms with Crippen LogP contribution in [0.2, 0.25) is 0 Å². The summed E-state index contributed by atoms with van der Waals surface area (Å²) in [5.41, 5.74) is 1.20. The van der Waals surface area contributed by atoms with Crippen LogP contribution in [0.5, 0.6) is 0 Å². The number of ether oxygens (including phenoxy) is 2. The molecule has 0 aromatic heterocycles. The Hall–Kier alpha value is -0.410. The highest BCUT2D eigenvalue weighted by Crippen LogP contribution is 2.22. The summed E-state index contributed by atoms with van der Waals surface area (Å²) >= 11 is 0. The van der Waals surface area contributed by atoms with Gasteiger partial charge in [-0.25, -0.2) is 0 Å². The van der Waals surface area contributed by atoms with Gasteiger partial charge < -0.3 is 9.47 Å². The highest BCUT2D eigenvalue weighted by Gasteiger charge is 2.30. The Labute approximate surface area is 73.8 Å². The van der Waals surface area contributed by atoms with Gasteiger partial charge in [-0.05, 0) is 6.92 Å². The molecule has 0 saturated carbocycles. The van der Waals surface area contributed by atoms with Crippen LogP contribution in [0.25, 0.3) is 0 Å². The van der Waals surface area contributed by atoms with E-state index in [0.29, 0.717) is 0 Å². The first-order valence-corrected chi connectivity index (χ1v) is 4.32. The van der Waals surface area contributed by atoms with E-state index >= 15 is 0 Å². The van der Waals surface area contributed by atoms with Gasteiger partial charge in [-0.3, -0.25) is 4.99 Å². The number of aliphatic imine (C=N–C) groups is 1. The van der Waals surface area contributed by atoms with Crippen LogP contribution in [-0.4, -0.2) is 32.3 Å². The van der Waals surface area contributed by atoms with Crippen molar-refractivity contribution in [1.82, 2.24) is 0 Å². The van der Waals surface area contributed by atoms with E-state index in [2.05, 4.69) is 11.9 Å². The van der Waals surface area contributed by atoms with E-state index in [9.17, 15) is 0 Å². The average Bonchev–Trinajstić information content (AvgIpc) is 2.08. The fourth-order valence-corrected chi connectivity index (χ4v) is 1.59. The summed E-state index contributed by atoms with van der Waals surface area (Å²) in [6, 6.07) is 0. The summed E-state index contributed by atoms with van der Waals surface area (Å²) in [5, 5.41) is 0. The van der Waals surface area contributed by atoms with Gasteiger partial charge in [0.1, 0.15) is 0 Å². The molecule has 12 heavy (non-hydrogen) atoms. The quantitative estimate of drug-likeness (QED) is 0.598. The number of hydrogen-bond acceptors (Lipinski definition) is 3. The van der Waals surface area contributed by atoms with E-state index in [1.165, 1.54) is 5.71 Å². The van der Waals surface area contributed by atoms with Crippen LogP contribution in [0.4, 0.5) is 0 Å². The molecule has 1 heterocycles. The summed E-state index contributed by atoms with van der Waals surface area (Å²) in [6.07, 6.45) is 1.04. The summed E-state index contributed by atoms with van der Waals surface area (Å²) in [4.78, 5) is 4.23. The third-order valence-electron chi connectivity index (χ3n) is 2.32. The molecular formula is C9H17NO2. The highest BCUT2D eigenvalue weighted by molar-refractivity contribution is 5.87. The Balaban J connectivity index is 2.68. The molecule has 0 amide bonds. The normalized spacial score (nSPS) is 40.3. The second-order valence-corrected chi connectivity index (χ2v) is 3.26. The molecule has 3 heteroatoms. The molecule has 1 rings (SSSR count). The zero-order valence-corrected chi connectivity index (χ0v) is 8.20. The van der Waals surface area contributed by atoms with E-state index < -0.39 is 0 Å². The maximum absolute atomic E-state index is 5.58. The van der Waals surface area contributed by atoms with E-state index in [1.54, 1.807) is 7.11 Å². The SMILES string of the molecule is CN=C1CC(C)OC(OC)C1C. The van der Waals surface area contributed by atoms with Crippen molar-refractivity contribution in [1.29, 1.82) is 0 Å². The predicted molar refractivity (Wildman–Crippen MR) is 48.5 cm³/mol. The molecule has 0 aromatic rings. The van der Waals surface area contributed by atoms with Crippen molar-refractivity contribution in [2.24, 2.45) is 10.9 Å². The zero-order chi connectivity index (χ0) is 9.14. The Morgan fingerprint density at radius 3 is 2.67 bits per heavy atom. The lowest BCUT2D eigenvalue weighted by molar-refractivity contribution is -0.173. The maximum Gasteiger partial charge on any atom is 0.165 e. The molecule has 3 unspecified atom stereocenters. The summed E-state index contributed by atoms with van der Waals surface area (Å²) in [7, 11) is 3.50. The Morgan fingerprint density at radius 1 is 1.50 bits per heavy atom. The molecule has 1 saturated heterocycles. The molecule has 1 fully saturated rings. The minimum absolute atomic E-state index is 0.118. The Morgan fingerprint density at radius 2 is 2.17 bits per heavy atom. The van der Waals surface area contributed by atoms with Crippen LogP contribution in [0.3, 0.4) is 0 Å². The van der Waals surface area contributed by atoms with Crippen molar-refractivity contribution in [3.05, 3.63) is 0 Å². The van der Waals surface area contributed by atoms with Crippen LogP contribution >= 0.6 is 0 Å². The van der Waals surface area contributed by atoms with Crippen molar-refractivity contribution in [3.63, 3.8) is 0 Å².